The van der Waals surface area contributed by atoms with Crippen molar-refractivity contribution in [3.8, 4) is 0 Å². The van der Waals surface area contributed by atoms with Crippen molar-refractivity contribution in [3.05, 3.63) is 0 Å². The third-order valence-electron chi connectivity index (χ3n) is 2.96. The largest absolute Gasteiger partial charge is 0.326 e. The molecule has 2 saturated heterocycles. The fraction of sp³-hybridized carbons (Fsp3) is 0.900. The summed E-state index contributed by atoms with van der Waals surface area (Å²) in [5, 5.41) is 0.555. The number of nitrogens with zero attached hydrogens (tertiary/aromatic N) is 1. The summed E-state index contributed by atoms with van der Waals surface area (Å²) in [5.74, 6) is 1.57. The second-order valence-electron chi connectivity index (χ2n) is 3.94. The molecule has 0 radical (unpaired) electrons. The number of amides is 1. The molecule has 0 bridgehead atoms. The lowest BCUT2D eigenvalue weighted by atomic mass is 10.0. The minimum absolute atomic E-state index is 0.386. The van der Waals surface area contributed by atoms with Crippen molar-refractivity contribution in [2.45, 2.75) is 50.4 Å². The molecule has 74 valence electrons. The lowest BCUT2D eigenvalue weighted by Crippen LogP contribution is -2.51. The van der Waals surface area contributed by atoms with Crippen molar-refractivity contribution < 1.29 is 4.79 Å². The molecule has 1 unspecified atom stereocenters. The fourth-order valence-electron chi connectivity index (χ4n) is 2.13. The van der Waals surface area contributed by atoms with Crippen LogP contribution in [0.15, 0.2) is 0 Å². The smallest absolute Gasteiger partial charge is 0.226 e. The predicted molar refractivity (Wildman–Crippen MR) is 55.6 cm³/mol. The highest BCUT2D eigenvalue weighted by Gasteiger charge is 2.45. The second-order valence-corrected chi connectivity index (χ2v) is 5.15. The van der Waals surface area contributed by atoms with Crippen LogP contribution in [0, 0.1) is 0 Å². The highest BCUT2D eigenvalue weighted by atomic mass is 32.2. The van der Waals surface area contributed by atoms with Crippen molar-refractivity contribution in [1.82, 2.24) is 4.90 Å². The number of hydrogen-bond acceptors (Lipinski definition) is 2. The van der Waals surface area contributed by atoms with Crippen molar-refractivity contribution in [1.29, 1.82) is 0 Å². The van der Waals surface area contributed by atoms with E-state index in [-0.39, 0.29) is 0 Å². The van der Waals surface area contributed by atoms with Gasteiger partial charge in [-0.15, -0.1) is 11.8 Å². The van der Waals surface area contributed by atoms with E-state index in [0.29, 0.717) is 17.3 Å². The van der Waals surface area contributed by atoms with Crippen LogP contribution < -0.4 is 0 Å². The summed E-state index contributed by atoms with van der Waals surface area (Å²) in [6.07, 6.45) is 5.90. The normalized spacial score (nSPS) is 31.8. The van der Waals surface area contributed by atoms with E-state index in [1.165, 1.54) is 31.4 Å². The molecule has 13 heavy (non-hydrogen) atoms. The third-order valence-corrected chi connectivity index (χ3v) is 4.32. The first-order valence-corrected chi connectivity index (χ1v) is 6.30. The van der Waals surface area contributed by atoms with Crippen LogP contribution in [0.5, 0.6) is 0 Å². The minimum atomic E-state index is 0.386. The lowest BCUT2D eigenvalue weighted by Gasteiger charge is -2.37. The summed E-state index contributed by atoms with van der Waals surface area (Å²) < 4.78 is 0. The Morgan fingerprint density at radius 1 is 1.54 bits per heavy atom. The molecular weight excluding hydrogens is 182 g/mol. The maximum Gasteiger partial charge on any atom is 0.226 e. The van der Waals surface area contributed by atoms with E-state index in [0.717, 1.165) is 6.42 Å². The van der Waals surface area contributed by atoms with Gasteiger partial charge >= 0.3 is 0 Å². The number of rotatable bonds is 4. The van der Waals surface area contributed by atoms with Crippen molar-refractivity contribution in [2.24, 2.45) is 0 Å². The van der Waals surface area contributed by atoms with E-state index in [2.05, 4.69) is 11.8 Å². The summed E-state index contributed by atoms with van der Waals surface area (Å²) in [4.78, 5) is 13.4. The van der Waals surface area contributed by atoms with E-state index in [4.69, 9.17) is 0 Å². The second kappa shape index (κ2) is 3.91. The van der Waals surface area contributed by atoms with Gasteiger partial charge in [0.1, 0.15) is 0 Å². The molecule has 2 heterocycles. The molecule has 0 aromatic rings. The van der Waals surface area contributed by atoms with Crippen molar-refractivity contribution in [3.63, 3.8) is 0 Å². The van der Waals surface area contributed by atoms with Crippen LogP contribution in [0.3, 0.4) is 0 Å². The summed E-state index contributed by atoms with van der Waals surface area (Å²) in [6, 6.07) is 0.572. The first-order chi connectivity index (χ1) is 6.33. The quantitative estimate of drug-likeness (QED) is 0.511. The maximum absolute atomic E-state index is 11.3. The molecule has 0 aromatic carbocycles. The van der Waals surface area contributed by atoms with Crippen LogP contribution in [0.2, 0.25) is 0 Å². The zero-order chi connectivity index (χ0) is 9.26. The average molecular weight is 199 g/mol. The van der Waals surface area contributed by atoms with E-state index in [1.54, 1.807) is 0 Å². The molecule has 0 aliphatic carbocycles. The monoisotopic (exact) mass is 199 g/mol. The van der Waals surface area contributed by atoms with Gasteiger partial charge in [0.2, 0.25) is 5.91 Å². The Morgan fingerprint density at radius 3 is 3.08 bits per heavy atom. The zero-order valence-corrected chi connectivity index (χ0v) is 8.98. The average Bonchev–Trinajstić information content (AvgIpc) is 2.42. The van der Waals surface area contributed by atoms with Crippen LogP contribution >= 0.6 is 11.8 Å². The standard InChI is InChI=1S/C10H17NOS/c1-2-3-4-5-8-7-13-10-6-9(12)11(8)10/h8,10H,2-7H2,1H3/t8?,10-/m1/s1. The SMILES string of the molecule is CCCCCC1CS[C@@H]2CC(=O)N12. The Morgan fingerprint density at radius 2 is 2.38 bits per heavy atom. The Kier molecular flexibility index (Phi) is 2.82. The summed E-state index contributed by atoms with van der Waals surface area (Å²) >= 11 is 1.97. The van der Waals surface area contributed by atoms with Crippen LogP contribution in [-0.2, 0) is 4.79 Å². The number of unbranched alkanes of at least 4 members (excludes halogenated alkanes) is 2. The third kappa shape index (κ3) is 1.71. The number of carbonyl (C=O) groups excluding carboxylic acids is 1. The molecule has 0 spiro atoms. The van der Waals surface area contributed by atoms with E-state index < -0.39 is 0 Å². The highest BCUT2D eigenvalue weighted by Crippen LogP contribution is 2.40. The zero-order valence-electron chi connectivity index (χ0n) is 8.16. The molecule has 0 N–H and O–H groups in total. The van der Waals surface area contributed by atoms with Gasteiger partial charge in [-0.25, -0.2) is 0 Å². The van der Waals surface area contributed by atoms with Gasteiger partial charge < -0.3 is 4.90 Å². The Hall–Kier alpha value is -0.180. The van der Waals surface area contributed by atoms with Gasteiger partial charge in [-0.1, -0.05) is 26.2 Å². The number of β-lactam (4-membered cyclic amide) rings is 1. The van der Waals surface area contributed by atoms with Gasteiger partial charge in [0.25, 0.3) is 0 Å². The molecule has 2 aliphatic heterocycles. The molecule has 2 atom stereocenters. The number of carbonyl (C=O) groups is 1. The van der Waals surface area contributed by atoms with Crippen LogP contribution in [0.4, 0.5) is 0 Å². The Balaban J connectivity index is 1.77. The molecule has 2 rings (SSSR count). The van der Waals surface area contributed by atoms with Gasteiger partial charge in [-0.2, -0.15) is 0 Å². The van der Waals surface area contributed by atoms with Gasteiger partial charge in [0.15, 0.2) is 0 Å². The van der Waals surface area contributed by atoms with E-state index in [9.17, 15) is 4.79 Å². The lowest BCUT2D eigenvalue weighted by molar-refractivity contribution is -0.143. The van der Waals surface area contributed by atoms with Crippen molar-refractivity contribution >= 4 is 17.7 Å². The van der Waals surface area contributed by atoms with Crippen LogP contribution in [-0.4, -0.2) is 28.0 Å². The number of thioether (sulfide) groups is 1. The fourth-order valence-corrected chi connectivity index (χ4v) is 3.62. The van der Waals surface area contributed by atoms with Gasteiger partial charge in [-0.05, 0) is 6.42 Å². The number of fused-ring (bicyclic) bond motifs is 1. The molecule has 0 aromatic heterocycles. The molecule has 2 fully saturated rings. The molecule has 3 heteroatoms. The summed E-state index contributed by atoms with van der Waals surface area (Å²) in [7, 11) is 0. The first-order valence-electron chi connectivity index (χ1n) is 5.25. The van der Waals surface area contributed by atoms with Gasteiger partial charge in [0.05, 0.1) is 11.8 Å². The van der Waals surface area contributed by atoms with Crippen LogP contribution in [0.25, 0.3) is 0 Å². The van der Waals surface area contributed by atoms with Gasteiger partial charge in [0, 0.05) is 11.8 Å². The Labute approximate surface area is 84.1 Å². The molecule has 0 saturated carbocycles. The molecule has 2 aliphatic rings. The predicted octanol–water partition coefficient (Wildman–Crippen LogP) is 2.24. The number of hydrogen-bond donors (Lipinski definition) is 0. The van der Waals surface area contributed by atoms with Gasteiger partial charge in [-0.3, -0.25) is 4.79 Å². The topological polar surface area (TPSA) is 20.3 Å². The van der Waals surface area contributed by atoms with Crippen molar-refractivity contribution in [2.75, 3.05) is 5.75 Å². The molecule has 1 amide bonds. The maximum atomic E-state index is 11.3. The summed E-state index contributed by atoms with van der Waals surface area (Å²) in [6.45, 7) is 2.22. The highest BCUT2D eigenvalue weighted by molar-refractivity contribution is 8.00. The van der Waals surface area contributed by atoms with E-state index in [1.807, 2.05) is 11.8 Å². The van der Waals surface area contributed by atoms with E-state index >= 15 is 0 Å². The van der Waals surface area contributed by atoms with Crippen LogP contribution in [0.1, 0.15) is 39.0 Å². The Bertz CT molecular complexity index is 207. The first kappa shape index (κ1) is 9.38. The molecular formula is C10H17NOS. The minimum Gasteiger partial charge on any atom is -0.326 e. The molecule has 2 nitrogen and oxygen atoms in total. The summed E-state index contributed by atoms with van der Waals surface area (Å²) in [5.41, 5.74) is 0.